The zero-order chi connectivity index (χ0) is 14.4. The SMILES string of the molecule is C=CCOC(=O)NCc1cc(F)c(C(=O)O)cc1F. The van der Waals surface area contributed by atoms with E-state index in [1.54, 1.807) is 0 Å². The van der Waals surface area contributed by atoms with Crippen molar-refractivity contribution in [2.45, 2.75) is 6.54 Å². The van der Waals surface area contributed by atoms with Gasteiger partial charge in [-0.25, -0.2) is 18.4 Å². The number of hydrogen-bond donors (Lipinski definition) is 2. The highest BCUT2D eigenvalue weighted by Gasteiger charge is 2.15. The third-order valence-electron chi connectivity index (χ3n) is 2.12. The summed E-state index contributed by atoms with van der Waals surface area (Å²) in [6.45, 7) is 3.00. The Bertz CT molecular complexity index is 517. The quantitative estimate of drug-likeness (QED) is 0.804. The molecule has 1 aromatic rings. The van der Waals surface area contributed by atoms with E-state index in [4.69, 9.17) is 5.11 Å². The molecule has 1 aromatic carbocycles. The van der Waals surface area contributed by atoms with Gasteiger partial charge in [-0.1, -0.05) is 12.7 Å². The first-order chi connectivity index (χ1) is 8.95. The number of alkyl carbamates (subject to hydrolysis) is 1. The number of carbonyl (C=O) groups excluding carboxylic acids is 1. The molecule has 0 saturated heterocycles. The number of amides is 1. The van der Waals surface area contributed by atoms with Gasteiger partial charge in [0.05, 0.1) is 5.56 Å². The molecule has 1 rings (SSSR count). The Morgan fingerprint density at radius 2 is 2.05 bits per heavy atom. The lowest BCUT2D eigenvalue weighted by atomic mass is 10.1. The number of carboxylic acid groups (broad SMARTS) is 1. The van der Waals surface area contributed by atoms with E-state index in [2.05, 4.69) is 16.6 Å². The van der Waals surface area contributed by atoms with Crippen molar-refractivity contribution < 1.29 is 28.2 Å². The van der Waals surface area contributed by atoms with Crippen LogP contribution < -0.4 is 5.32 Å². The smallest absolute Gasteiger partial charge is 0.407 e. The Kier molecular flexibility index (Phi) is 4.99. The fourth-order valence-corrected chi connectivity index (χ4v) is 1.24. The van der Waals surface area contributed by atoms with Gasteiger partial charge >= 0.3 is 12.1 Å². The number of aromatic carboxylic acids is 1. The van der Waals surface area contributed by atoms with E-state index >= 15 is 0 Å². The lowest BCUT2D eigenvalue weighted by Crippen LogP contribution is -2.24. The topological polar surface area (TPSA) is 75.6 Å². The number of carboxylic acids is 1. The molecule has 0 saturated carbocycles. The van der Waals surface area contributed by atoms with Crippen LogP contribution in [0.3, 0.4) is 0 Å². The first-order valence-corrected chi connectivity index (χ1v) is 5.18. The van der Waals surface area contributed by atoms with Crippen LogP contribution in [-0.4, -0.2) is 23.8 Å². The first-order valence-electron chi connectivity index (χ1n) is 5.18. The van der Waals surface area contributed by atoms with Crippen molar-refractivity contribution in [1.29, 1.82) is 0 Å². The van der Waals surface area contributed by atoms with Crippen LogP contribution >= 0.6 is 0 Å². The largest absolute Gasteiger partial charge is 0.478 e. The molecule has 1 amide bonds. The van der Waals surface area contributed by atoms with Crippen LogP contribution in [0.2, 0.25) is 0 Å². The molecular formula is C12H11F2NO4. The van der Waals surface area contributed by atoms with Crippen molar-refractivity contribution >= 4 is 12.1 Å². The number of ether oxygens (including phenoxy) is 1. The monoisotopic (exact) mass is 271 g/mol. The summed E-state index contributed by atoms with van der Waals surface area (Å²) in [6.07, 6.45) is 0.531. The van der Waals surface area contributed by atoms with Crippen molar-refractivity contribution in [2.24, 2.45) is 0 Å². The van der Waals surface area contributed by atoms with Gasteiger partial charge in [0.15, 0.2) is 0 Å². The van der Waals surface area contributed by atoms with Crippen molar-refractivity contribution in [1.82, 2.24) is 5.32 Å². The molecule has 5 nitrogen and oxygen atoms in total. The second-order valence-corrected chi connectivity index (χ2v) is 3.47. The number of carbonyl (C=O) groups is 2. The number of hydrogen-bond acceptors (Lipinski definition) is 3. The van der Waals surface area contributed by atoms with E-state index in [0.29, 0.717) is 12.1 Å². The highest BCUT2D eigenvalue weighted by atomic mass is 19.1. The Morgan fingerprint density at radius 3 is 2.63 bits per heavy atom. The summed E-state index contributed by atoms with van der Waals surface area (Å²) in [6, 6.07) is 1.27. The molecule has 0 aliphatic carbocycles. The molecule has 0 bridgehead atoms. The van der Waals surface area contributed by atoms with Crippen LogP contribution in [0.5, 0.6) is 0 Å². The summed E-state index contributed by atoms with van der Waals surface area (Å²) < 4.78 is 31.3. The summed E-state index contributed by atoms with van der Waals surface area (Å²) in [4.78, 5) is 21.6. The van der Waals surface area contributed by atoms with Gasteiger partial charge in [0.25, 0.3) is 0 Å². The van der Waals surface area contributed by atoms with Crippen molar-refractivity contribution in [2.75, 3.05) is 6.61 Å². The molecule has 0 aliphatic rings. The van der Waals surface area contributed by atoms with Crippen LogP contribution in [0, 0.1) is 11.6 Å². The average molecular weight is 271 g/mol. The Hall–Kier alpha value is -2.44. The maximum Gasteiger partial charge on any atom is 0.407 e. The van der Waals surface area contributed by atoms with E-state index in [-0.39, 0.29) is 18.7 Å². The van der Waals surface area contributed by atoms with Crippen molar-refractivity contribution in [3.05, 3.63) is 47.5 Å². The van der Waals surface area contributed by atoms with Gasteiger partial charge in [-0.15, -0.1) is 0 Å². The molecule has 0 heterocycles. The molecule has 0 aliphatic heterocycles. The average Bonchev–Trinajstić information content (AvgIpc) is 2.36. The summed E-state index contributed by atoms with van der Waals surface area (Å²) >= 11 is 0. The molecule has 0 aromatic heterocycles. The van der Waals surface area contributed by atoms with Crippen LogP contribution in [0.4, 0.5) is 13.6 Å². The second-order valence-electron chi connectivity index (χ2n) is 3.47. The summed E-state index contributed by atoms with van der Waals surface area (Å²) in [5.41, 5.74) is -0.950. The van der Waals surface area contributed by atoms with Crippen LogP contribution in [0.1, 0.15) is 15.9 Å². The molecular weight excluding hydrogens is 260 g/mol. The molecule has 7 heteroatoms. The molecule has 19 heavy (non-hydrogen) atoms. The predicted molar refractivity (Wildman–Crippen MR) is 61.7 cm³/mol. The van der Waals surface area contributed by atoms with E-state index < -0.39 is 29.3 Å². The molecule has 0 fully saturated rings. The molecule has 0 spiro atoms. The van der Waals surface area contributed by atoms with Crippen LogP contribution in [0.25, 0.3) is 0 Å². The summed E-state index contributed by atoms with van der Waals surface area (Å²) in [5, 5.41) is 10.8. The lowest BCUT2D eigenvalue weighted by molar-refractivity contribution is 0.0691. The van der Waals surface area contributed by atoms with Gasteiger partial charge in [0.2, 0.25) is 0 Å². The van der Waals surface area contributed by atoms with E-state index in [0.717, 1.165) is 0 Å². The Morgan fingerprint density at radius 1 is 1.37 bits per heavy atom. The zero-order valence-corrected chi connectivity index (χ0v) is 9.78. The molecule has 0 atom stereocenters. The molecule has 102 valence electrons. The minimum Gasteiger partial charge on any atom is -0.478 e. The minimum absolute atomic E-state index is 0.0133. The third-order valence-corrected chi connectivity index (χ3v) is 2.12. The normalized spacial score (nSPS) is 9.79. The van der Waals surface area contributed by atoms with Crippen LogP contribution in [-0.2, 0) is 11.3 Å². The van der Waals surface area contributed by atoms with Crippen molar-refractivity contribution in [3.8, 4) is 0 Å². The van der Waals surface area contributed by atoms with Gasteiger partial charge in [0, 0.05) is 12.1 Å². The van der Waals surface area contributed by atoms with Gasteiger partial charge in [-0.05, 0) is 12.1 Å². The van der Waals surface area contributed by atoms with E-state index in [9.17, 15) is 18.4 Å². The standard InChI is InChI=1S/C12H11F2NO4/c1-2-3-19-12(18)15-6-7-4-10(14)8(11(16)17)5-9(7)13/h2,4-5H,1,3,6H2,(H,15,18)(H,16,17). The third kappa shape index (κ3) is 4.06. The van der Waals surface area contributed by atoms with Gasteiger partial charge in [-0.2, -0.15) is 0 Å². The molecule has 0 unspecified atom stereocenters. The zero-order valence-electron chi connectivity index (χ0n) is 9.78. The fraction of sp³-hybridized carbons (Fsp3) is 0.167. The Labute approximate surface area is 107 Å². The second kappa shape index (κ2) is 6.48. The number of nitrogens with one attached hydrogen (secondary N) is 1. The van der Waals surface area contributed by atoms with Gasteiger partial charge < -0.3 is 15.2 Å². The van der Waals surface area contributed by atoms with Gasteiger partial charge in [-0.3, -0.25) is 0 Å². The van der Waals surface area contributed by atoms with E-state index in [1.807, 2.05) is 0 Å². The Balaban J connectivity index is 2.74. The number of benzene rings is 1. The summed E-state index contributed by atoms with van der Waals surface area (Å²) in [5.74, 6) is -3.57. The highest BCUT2D eigenvalue weighted by Crippen LogP contribution is 2.15. The number of rotatable bonds is 5. The molecule has 0 radical (unpaired) electrons. The van der Waals surface area contributed by atoms with Crippen LogP contribution in [0.15, 0.2) is 24.8 Å². The summed E-state index contributed by atoms with van der Waals surface area (Å²) in [7, 11) is 0. The maximum absolute atomic E-state index is 13.5. The van der Waals surface area contributed by atoms with E-state index in [1.165, 1.54) is 6.08 Å². The maximum atomic E-state index is 13.5. The van der Waals surface area contributed by atoms with Crippen molar-refractivity contribution in [3.63, 3.8) is 0 Å². The highest BCUT2D eigenvalue weighted by molar-refractivity contribution is 5.88. The number of halogens is 2. The lowest BCUT2D eigenvalue weighted by Gasteiger charge is -2.07. The molecule has 2 N–H and O–H groups in total. The first kappa shape index (κ1) is 14.6. The van der Waals surface area contributed by atoms with Gasteiger partial charge in [0.1, 0.15) is 18.2 Å². The fourth-order valence-electron chi connectivity index (χ4n) is 1.24. The minimum atomic E-state index is -1.57. The predicted octanol–water partition coefficient (Wildman–Crippen LogP) is 2.08.